The summed E-state index contributed by atoms with van der Waals surface area (Å²) in [7, 11) is 0. The number of nitriles is 1. The highest BCUT2D eigenvalue weighted by molar-refractivity contribution is 5.73. The van der Waals surface area contributed by atoms with Gasteiger partial charge >= 0.3 is 0 Å². The Morgan fingerprint density at radius 1 is 2.00 bits per heavy atom. The molecule has 0 fully saturated rings. The molecule has 0 aliphatic carbocycles. The summed E-state index contributed by atoms with van der Waals surface area (Å²) in [4.78, 5) is 9.95. The molecule has 38 valence electrons. The maximum Gasteiger partial charge on any atom is 0.247 e. The van der Waals surface area contributed by atoms with Crippen LogP contribution >= 0.6 is 0 Å². The van der Waals surface area contributed by atoms with E-state index >= 15 is 0 Å². The third-order valence-corrected chi connectivity index (χ3v) is 0.447. The number of hydrazine groups is 1. The Balaban J connectivity index is 3.63. The number of nitrogens with zero attached hydrogens (tertiary/aromatic N) is 2. The number of nitrogens with two attached hydrogens (primary N) is 1. The van der Waals surface area contributed by atoms with Crippen molar-refractivity contribution in [1.82, 2.24) is 5.01 Å². The Morgan fingerprint density at radius 3 is 2.43 bits per heavy atom. The minimum Gasteiger partial charge on any atom is -0.273 e. The molecule has 0 aromatic rings. The predicted molar refractivity (Wildman–Crippen MR) is 22.3 cm³/mol. The molecule has 0 aliphatic heterocycles. The number of hydrogen-bond acceptors (Lipinski definition) is 3. The van der Waals surface area contributed by atoms with Gasteiger partial charge in [-0.3, -0.25) is 4.79 Å². The second-order valence-electron chi connectivity index (χ2n) is 0.989. The summed E-state index contributed by atoms with van der Waals surface area (Å²) >= 11 is 0. The second kappa shape index (κ2) is 2.16. The SMILES string of the molecule is CC(=O)N(N)C#N. The first-order valence-electron chi connectivity index (χ1n) is 1.63. The third kappa shape index (κ3) is 1.73. The van der Waals surface area contributed by atoms with Gasteiger partial charge in [-0.25, -0.2) is 5.84 Å². The maximum absolute atomic E-state index is 9.95. The monoisotopic (exact) mass is 99.0 g/mol. The van der Waals surface area contributed by atoms with Gasteiger partial charge in [-0.1, -0.05) is 0 Å². The van der Waals surface area contributed by atoms with E-state index in [1.165, 1.54) is 13.1 Å². The fourth-order valence-electron chi connectivity index (χ4n) is 0.0704. The lowest BCUT2D eigenvalue weighted by Crippen LogP contribution is -2.29. The zero-order valence-electron chi connectivity index (χ0n) is 3.88. The number of carbonyl (C=O) groups is 1. The van der Waals surface area contributed by atoms with Crippen LogP contribution in [0.5, 0.6) is 0 Å². The molecular weight excluding hydrogens is 94.1 g/mol. The first-order valence-corrected chi connectivity index (χ1v) is 1.63. The summed E-state index contributed by atoms with van der Waals surface area (Å²) in [5.74, 6) is 4.28. The van der Waals surface area contributed by atoms with Crippen molar-refractivity contribution in [3.63, 3.8) is 0 Å². The van der Waals surface area contributed by atoms with Crippen LogP contribution in [-0.4, -0.2) is 10.9 Å². The van der Waals surface area contributed by atoms with Gasteiger partial charge in [-0.15, -0.1) is 0 Å². The molecule has 7 heavy (non-hydrogen) atoms. The Bertz CT molecular complexity index is 114. The van der Waals surface area contributed by atoms with E-state index in [-0.39, 0.29) is 0 Å². The standard InChI is InChI=1S/C3H5N3O/c1-3(7)6(5)2-4/h5H2,1H3. The zero-order valence-corrected chi connectivity index (χ0v) is 3.88. The fraction of sp³-hybridized carbons (Fsp3) is 0.333. The van der Waals surface area contributed by atoms with Crippen molar-refractivity contribution in [3.8, 4) is 6.19 Å². The smallest absolute Gasteiger partial charge is 0.247 e. The first kappa shape index (κ1) is 5.92. The Morgan fingerprint density at radius 2 is 2.43 bits per heavy atom. The molecule has 0 rings (SSSR count). The Hall–Kier alpha value is -1.08. The number of amides is 1. The molecule has 4 heteroatoms. The fourth-order valence-corrected chi connectivity index (χ4v) is 0.0704. The normalized spacial score (nSPS) is 7.00. The van der Waals surface area contributed by atoms with Gasteiger partial charge in [0.15, 0.2) is 0 Å². The molecule has 0 heterocycles. The van der Waals surface area contributed by atoms with Crippen LogP contribution in [0, 0.1) is 11.5 Å². The van der Waals surface area contributed by atoms with Crippen molar-refractivity contribution in [1.29, 1.82) is 5.26 Å². The lowest BCUT2D eigenvalue weighted by atomic mass is 10.7. The van der Waals surface area contributed by atoms with E-state index in [4.69, 9.17) is 11.1 Å². The highest BCUT2D eigenvalue weighted by Crippen LogP contribution is 1.69. The minimum atomic E-state index is -0.456. The topological polar surface area (TPSA) is 70.1 Å². The van der Waals surface area contributed by atoms with Gasteiger partial charge in [0.25, 0.3) is 0 Å². The van der Waals surface area contributed by atoms with Crippen LogP contribution in [-0.2, 0) is 4.79 Å². The van der Waals surface area contributed by atoms with Gasteiger partial charge in [0.1, 0.15) is 0 Å². The van der Waals surface area contributed by atoms with Crippen LogP contribution in [0.2, 0.25) is 0 Å². The van der Waals surface area contributed by atoms with Crippen molar-refractivity contribution in [3.05, 3.63) is 0 Å². The van der Waals surface area contributed by atoms with Crippen LogP contribution < -0.4 is 5.84 Å². The lowest BCUT2D eigenvalue weighted by molar-refractivity contribution is -0.126. The van der Waals surface area contributed by atoms with E-state index in [0.29, 0.717) is 5.01 Å². The molecule has 0 aromatic heterocycles. The lowest BCUT2D eigenvalue weighted by Gasteiger charge is -1.97. The van der Waals surface area contributed by atoms with Gasteiger partial charge < -0.3 is 0 Å². The number of hydrogen-bond donors (Lipinski definition) is 1. The summed E-state index contributed by atoms with van der Waals surface area (Å²) in [6.07, 6.45) is 1.43. The minimum absolute atomic E-state index is 0.456. The van der Waals surface area contributed by atoms with Gasteiger partial charge in [-0.2, -0.15) is 10.3 Å². The van der Waals surface area contributed by atoms with Gasteiger partial charge in [-0.05, 0) is 0 Å². The molecule has 0 aliphatic rings. The predicted octanol–water partition coefficient (Wildman–Crippen LogP) is -0.810. The molecule has 0 saturated heterocycles. The van der Waals surface area contributed by atoms with Crippen molar-refractivity contribution < 1.29 is 4.79 Å². The third-order valence-electron chi connectivity index (χ3n) is 0.447. The molecule has 0 saturated carbocycles. The van der Waals surface area contributed by atoms with Gasteiger partial charge in [0.05, 0.1) is 0 Å². The molecule has 0 atom stereocenters. The first-order chi connectivity index (χ1) is 3.18. The van der Waals surface area contributed by atoms with Crippen molar-refractivity contribution in [2.75, 3.05) is 0 Å². The van der Waals surface area contributed by atoms with Crippen LogP contribution in [0.15, 0.2) is 0 Å². The molecule has 2 N–H and O–H groups in total. The second-order valence-corrected chi connectivity index (χ2v) is 0.989. The quantitative estimate of drug-likeness (QED) is 0.142. The van der Waals surface area contributed by atoms with Crippen LogP contribution in [0.1, 0.15) is 6.92 Å². The van der Waals surface area contributed by atoms with E-state index in [1.54, 1.807) is 0 Å². The highest BCUT2D eigenvalue weighted by Gasteiger charge is 1.95. The van der Waals surface area contributed by atoms with E-state index in [2.05, 4.69) is 0 Å². The Kier molecular flexibility index (Phi) is 1.82. The van der Waals surface area contributed by atoms with Gasteiger partial charge in [0, 0.05) is 6.92 Å². The molecule has 0 unspecified atom stereocenters. The summed E-state index contributed by atoms with van der Waals surface area (Å²) in [6.45, 7) is 1.21. The number of rotatable bonds is 0. The summed E-state index contributed by atoms with van der Waals surface area (Å²) in [5.41, 5.74) is 0. The maximum atomic E-state index is 9.95. The number of carbonyl (C=O) groups excluding carboxylic acids is 1. The largest absolute Gasteiger partial charge is 0.273 e. The van der Waals surface area contributed by atoms with E-state index in [0.717, 1.165) is 0 Å². The average molecular weight is 99.1 g/mol. The molecule has 0 bridgehead atoms. The van der Waals surface area contributed by atoms with Gasteiger partial charge in [0.2, 0.25) is 12.1 Å². The summed E-state index contributed by atoms with van der Waals surface area (Å²) < 4.78 is 0. The molecule has 0 spiro atoms. The van der Waals surface area contributed by atoms with E-state index in [1.807, 2.05) is 0 Å². The van der Waals surface area contributed by atoms with Crippen molar-refractivity contribution in [2.24, 2.45) is 5.84 Å². The van der Waals surface area contributed by atoms with Crippen molar-refractivity contribution in [2.45, 2.75) is 6.92 Å². The molecular formula is C3H5N3O. The van der Waals surface area contributed by atoms with E-state index < -0.39 is 5.91 Å². The van der Waals surface area contributed by atoms with Crippen LogP contribution in [0.3, 0.4) is 0 Å². The molecule has 0 aromatic carbocycles. The molecule has 4 nitrogen and oxygen atoms in total. The van der Waals surface area contributed by atoms with Crippen molar-refractivity contribution >= 4 is 5.91 Å². The average Bonchev–Trinajstić information content (AvgIpc) is 1.65. The molecule has 1 amide bonds. The summed E-state index contributed by atoms with van der Waals surface area (Å²) in [6, 6.07) is 0. The van der Waals surface area contributed by atoms with Crippen LogP contribution in [0.4, 0.5) is 0 Å². The van der Waals surface area contributed by atoms with Crippen LogP contribution in [0.25, 0.3) is 0 Å². The summed E-state index contributed by atoms with van der Waals surface area (Å²) in [5, 5.41) is 8.29. The molecule has 0 radical (unpaired) electrons. The highest BCUT2D eigenvalue weighted by atomic mass is 16.2. The Labute approximate surface area is 41.1 Å². The zero-order chi connectivity index (χ0) is 5.86. The van der Waals surface area contributed by atoms with E-state index in [9.17, 15) is 4.79 Å².